The van der Waals surface area contributed by atoms with E-state index in [1.54, 1.807) is 6.08 Å². The van der Waals surface area contributed by atoms with E-state index in [-0.39, 0.29) is 12.8 Å². The van der Waals surface area contributed by atoms with E-state index in [2.05, 4.69) is 27.7 Å². The first kappa shape index (κ1) is 89.7. The number of rotatable bonds is 58. The number of phosphoric acid groups is 1. The van der Waals surface area contributed by atoms with Gasteiger partial charge < -0.3 is 89.1 Å². The molecule has 19 unspecified atom stereocenters. The van der Waals surface area contributed by atoms with Gasteiger partial charge in [-0.05, 0) is 31.6 Å². The zero-order valence-corrected chi connectivity index (χ0v) is 60.9. The van der Waals surface area contributed by atoms with E-state index in [1.165, 1.54) is 147 Å². The Morgan fingerprint density at radius 2 is 0.847 bits per heavy atom. The Balaban J connectivity index is 1.76. The third kappa shape index (κ3) is 37.2. The second kappa shape index (κ2) is 54.1. The van der Waals surface area contributed by atoms with Crippen molar-refractivity contribution in [1.29, 1.82) is 0 Å². The van der Waals surface area contributed by atoms with Crippen LogP contribution in [-0.2, 0) is 61.2 Å². The zero-order valence-electron chi connectivity index (χ0n) is 60.0. The molecule has 98 heavy (non-hydrogen) atoms. The van der Waals surface area contributed by atoms with Gasteiger partial charge >= 0.3 is 25.7 Å². The lowest BCUT2D eigenvalue weighted by Crippen LogP contribution is -2.69. The van der Waals surface area contributed by atoms with Crippen LogP contribution in [0.2, 0.25) is 0 Å². The van der Waals surface area contributed by atoms with E-state index < -0.39 is 156 Å². The van der Waals surface area contributed by atoms with Crippen LogP contribution in [0, 0.1) is 5.92 Å². The van der Waals surface area contributed by atoms with Gasteiger partial charge in [-0.2, -0.15) is 0 Å². The number of ether oxygens (including phenoxy) is 7. The Kier molecular flexibility index (Phi) is 49.5. The highest BCUT2D eigenvalue weighted by Gasteiger charge is 2.58. The van der Waals surface area contributed by atoms with Crippen LogP contribution in [0.1, 0.15) is 285 Å². The van der Waals surface area contributed by atoms with Crippen molar-refractivity contribution in [3.8, 4) is 0 Å². The molecule has 11 N–H and O–H groups in total. The number of allylic oxidation sites excluding steroid dienone is 3. The highest BCUT2D eigenvalue weighted by atomic mass is 31.2. The van der Waals surface area contributed by atoms with E-state index in [1.807, 2.05) is 6.08 Å². The fourth-order valence-corrected chi connectivity index (χ4v) is 13.6. The summed E-state index contributed by atoms with van der Waals surface area (Å²) in [6.07, 6.45) is 13.2. The summed E-state index contributed by atoms with van der Waals surface area (Å²) in [5.74, 6) is -1.57. The smallest absolute Gasteiger partial charge is 0.463 e. The number of unbranched alkanes of at least 4 members (excludes halogenated alkanes) is 32. The number of esters is 3. The van der Waals surface area contributed by atoms with E-state index in [0.717, 1.165) is 96.0 Å². The number of carbonyl (C=O) groups excluding carboxylic acids is 3. The van der Waals surface area contributed by atoms with Crippen molar-refractivity contribution in [2.75, 3.05) is 26.4 Å². The van der Waals surface area contributed by atoms with Gasteiger partial charge in [0.2, 0.25) is 0 Å². The van der Waals surface area contributed by atoms with E-state index >= 15 is 0 Å². The third-order valence-corrected chi connectivity index (χ3v) is 20.0. The summed E-state index contributed by atoms with van der Waals surface area (Å²) in [5.41, 5.74) is 0. The van der Waals surface area contributed by atoms with Gasteiger partial charge in [-0.25, -0.2) is 9.36 Å². The fourth-order valence-electron chi connectivity index (χ4n) is 12.7. The number of phosphoric ester groups is 1. The molecule has 25 heteroatoms. The lowest BCUT2D eigenvalue weighted by molar-refractivity contribution is -0.360. The summed E-state index contributed by atoms with van der Waals surface area (Å²) in [4.78, 5) is 50.9. The Labute approximate surface area is 585 Å². The number of aliphatic hydroxyl groups is 10. The molecule has 0 spiro atoms. The van der Waals surface area contributed by atoms with Crippen LogP contribution in [0.3, 0.4) is 0 Å². The Bertz CT molecular complexity index is 2140. The van der Waals surface area contributed by atoms with E-state index in [9.17, 15) is 74.9 Å². The van der Waals surface area contributed by atoms with Gasteiger partial charge in [-0.15, -0.1) is 0 Å². The van der Waals surface area contributed by atoms with Crippen molar-refractivity contribution < 1.29 is 117 Å². The fraction of sp³-hybridized carbons (Fsp3) is 0.904. The number of carbonyl (C=O) groups is 3. The van der Waals surface area contributed by atoms with Gasteiger partial charge in [0.15, 0.2) is 18.7 Å². The van der Waals surface area contributed by atoms with E-state index in [4.69, 9.17) is 42.2 Å². The average molecular weight is 1430 g/mol. The van der Waals surface area contributed by atoms with Gasteiger partial charge in [-0.1, -0.05) is 264 Å². The first-order valence-electron chi connectivity index (χ1n) is 38.1. The SMILES string of the molecule is CCCCCCCCCCCCC/C=C/C=C/C(=O)OCC(COP(=O)(O)OC1C(OC2OC(CO)C(O)C(O)C2O)C(O)C(O)C(O)C1OC1OC(COC(=O)CCCCCCCCCCCCCC)C(O)C(O)C1O)OC(=O)CCCCCCCCC(C)CCCCCCCC. The maximum atomic E-state index is 14.3. The van der Waals surface area contributed by atoms with Crippen molar-refractivity contribution in [1.82, 2.24) is 0 Å². The number of hydrogen-bond acceptors (Lipinski definition) is 23. The van der Waals surface area contributed by atoms with Gasteiger partial charge in [0.25, 0.3) is 0 Å². The Hall–Kier alpha value is -2.56. The topological polar surface area (TPSA) is 374 Å². The normalized spacial score (nSPS) is 28.1. The van der Waals surface area contributed by atoms with Gasteiger partial charge in [0, 0.05) is 18.9 Å². The Morgan fingerprint density at radius 3 is 1.31 bits per heavy atom. The van der Waals surface area contributed by atoms with Crippen LogP contribution in [0.5, 0.6) is 0 Å². The number of aliphatic hydroxyl groups excluding tert-OH is 10. The van der Waals surface area contributed by atoms with Crippen molar-refractivity contribution in [3.63, 3.8) is 0 Å². The minimum absolute atomic E-state index is 0.0279. The summed E-state index contributed by atoms with van der Waals surface area (Å²) in [6, 6.07) is 0. The molecule has 3 fully saturated rings. The van der Waals surface area contributed by atoms with Crippen molar-refractivity contribution in [3.05, 3.63) is 24.3 Å². The lowest BCUT2D eigenvalue weighted by atomic mass is 9.84. The van der Waals surface area contributed by atoms with Crippen molar-refractivity contribution in [2.45, 2.75) is 389 Å². The van der Waals surface area contributed by atoms with Crippen LogP contribution in [0.25, 0.3) is 0 Å². The largest absolute Gasteiger partial charge is 0.472 e. The monoisotopic (exact) mass is 1420 g/mol. The molecule has 3 aliphatic rings. The quantitative estimate of drug-likeness (QED) is 0.00673. The van der Waals surface area contributed by atoms with Gasteiger partial charge in [0.1, 0.15) is 98.7 Å². The highest BCUT2D eigenvalue weighted by molar-refractivity contribution is 7.47. The molecule has 19 atom stereocenters. The molecule has 574 valence electrons. The van der Waals surface area contributed by atoms with Crippen LogP contribution in [-0.4, -0.2) is 204 Å². The minimum atomic E-state index is -5.72. The maximum absolute atomic E-state index is 14.3. The van der Waals surface area contributed by atoms with Crippen molar-refractivity contribution in [2.24, 2.45) is 5.92 Å². The molecule has 0 amide bonds. The molecule has 24 nitrogen and oxygen atoms in total. The second-order valence-corrected chi connectivity index (χ2v) is 29.1. The standard InChI is InChI=1S/C73H133O24P/c1-5-8-11-14-17-19-21-23-24-25-27-29-30-36-41-46-57(75)89-50-54(92-59(77)48-43-38-33-32-35-40-45-53(4)44-39-34-16-13-10-7-3)51-91-98(87,88)97-71-69(95-72-67(85)62(80)60(78)55(49-74)93-72)65(83)64(82)66(84)70(71)96-73-68(86)63(81)61(79)56(94-73)52-90-58(76)47-42-37-31-28-26-22-20-18-15-12-9-6-2/h30,36,41,46,53-56,60-74,78-86H,5-29,31-35,37-40,42-45,47-52H2,1-4H3,(H,87,88)/b36-30+,46-41+. The minimum Gasteiger partial charge on any atom is -0.463 e. The summed E-state index contributed by atoms with van der Waals surface area (Å²) in [5, 5.41) is 110. The highest BCUT2D eigenvalue weighted by Crippen LogP contribution is 2.49. The molecule has 2 heterocycles. The molecular formula is C73H133O24P. The average Bonchev–Trinajstić information content (AvgIpc) is 0.763. The summed E-state index contributed by atoms with van der Waals surface area (Å²) in [7, 11) is -5.72. The molecule has 0 aromatic carbocycles. The van der Waals surface area contributed by atoms with Gasteiger partial charge in [-0.3, -0.25) is 18.6 Å². The molecule has 3 rings (SSSR count). The van der Waals surface area contributed by atoms with Crippen LogP contribution >= 0.6 is 7.82 Å². The van der Waals surface area contributed by atoms with Gasteiger partial charge in [0.05, 0.1) is 13.2 Å². The predicted octanol–water partition coefficient (Wildman–Crippen LogP) is 10.4. The zero-order chi connectivity index (χ0) is 71.9. The molecule has 0 aromatic heterocycles. The molecule has 0 radical (unpaired) electrons. The van der Waals surface area contributed by atoms with Crippen LogP contribution in [0.15, 0.2) is 24.3 Å². The second-order valence-electron chi connectivity index (χ2n) is 27.7. The van der Waals surface area contributed by atoms with Crippen LogP contribution < -0.4 is 0 Å². The Morgan fingerprint density at radius 1 is 0.449 bits per heavy atom. The first-order chi connectivity index (χ1) is 47.2. The molecule has 1 saturated carbocycles. The summed E-state index contributed by atoms with van der Waals surface area (Å²) in [6.45, 7) is 5.64. The molecule has 2 aliphatic heterocycles. The molecule has 2 saturated heterocycles. The van der Waals surface area contributed by atoms with E-state index in [0.29, 0.717) is 18.8 Å². The molecular weight excluding hydrogens is 1290 g/mol. The summed E-state index contributed by atoms with van der Waals surface area (Å²) < 4.78 is 64.8. The van der Waals surface area contributed by atoms with Crippen LogP contribution in [0.4, 0.5) is 0 Å². The number of hydrogen-bond donors (Lipinski definition) is 11. The van der Waals surface area contributed by atoms with Crippen molar-refractivity contribution >= 4 is 25.7 Å². The maximum Gasteiger partial charge on any atom is 0.472 e. The first-order valence-corrected chi connectivity index (χ1v) is 39.5. The third-order valence-electron chi connectivity index (χ3n) is 19.0. The molecule has 1 aliphatic carbocycles. The predicted molar refractivity (Wildman–Crippen MR) is 370 cm³/mol. The molecule has 0 aromatic rings. The lowest BCUT2D eigenvalue weighted by Gasteiger charge is -2.49. The molecule has 0 bridgehead atoms. The summed E-state index contributed by atoms with van der Waals surface area (Å²) >= 11 is 0.